The van der Waals surface area contributed by atoms with Gasteiger partial charge in [0.15, 0.2) is 0 Å². The predicted octanol–water partition coefficient (Wildman–Crippen LogP) is 7.88. The van der Waals surface area contributed by atoms with Gasteiger partial charge in [-0.1, -0.05) is 71.6 Å². The number of esters is 1. The maximum atomic E-state index is 11.5. The second kappa shape index (κ2) is 8.71. The van der Waals surface area contributed by atoms with Gasteiger partial charge in [0.25, 0.3) is 0 Å². The van der Waals surface area contributed by atoms with Crippen LogP contribution in [0.4, 0.5) is 0 Å². The second-order valence-corrected chi connectivity index (χ2v) is 12.4. The maximum Gasteiger partial charge on any atom is 0.302 e. The molecule has 2 saturated carbocycles. The lowest BCUT2D eigenvalue weighted by atomic mass is 9.52. The fourth-order valence-electron chi connectivity index (χ4n) is 8.23. The molecule has 0 radical (unpaired) electrons. The van der Waals surface area contributed by atoms with Gasteiger partial charge >= 0.3 is 5.97 Å². The SMILES string of the molecule is CC(=O)O[C@@H]1CC[C@]2(C)C3=C(C=C[C@H]2C1)[C@@H]1CC[C@@H]([C@H](C)CCCC(C)C)[C@]1(C)CC3. The molecule has 0 unspecified atom stereocenters. The minimum Gasteiger partial charge on any atom is -0.463 e. The van der Waals surface area contributed by atoms with Crippen LogP contribution >= 0.6 is 0 Å². The Labute approximate surface area is 191 Å². The van der Waals surface area contributed by atoms with E-state index in [1.54, 1.807) is 18.1 Å². The summed E-state index contributed by atoms with van der Waals surface area (Å²) in [4.78, 5) is 11.5. The van der Waals surface area contributed by atoms with Gasteiger partial charge in [-0.05, 0) is 90.9 Å². The van der Waals surface area contributed by atoms with Crippen molar-refractivity contribution in [3.8, 4) is 0 Å². The first-order valence-electron chi connectivity index (χ1n) is 13.2. The number of allylic oxidation sites excluding steroid dienone is 4. The van der Waals surface area contributed by atoms with Gasteiger partial charge in [0.2, 0.25) is 0 Å². The molecule has 0 bridgehead atoms. The lowest BCUT2D eigenvalue weighted by molar-refractivity contribution is -0.149. The number of hydrogen-bond acceptors (Lipinski definition) is 2. The van der Waals surface area contributed by atoms with Crippen molar-refractivity contribution in [3.63, 3.8) is 0 Å². The third kappa shape index (κ3) is 4.18. The van der Waals surface area contributed by atoms with Crippen molar-refractivity contribution in [2.45, 2.75) is 112 Å². The van der Waals surface area contributed by atoms with E-state index in [0.717, 1.165) is 42.9 Å². The average molecular weight is 427 g/mol. The average Bonchev–Trinajstić information content (AvgIpc) is 3.05. The van der Waals surface area contributed by atoms with Gasteiger partial charge < -0.3 is 4.74 Å². The zero-order chi connectivity index (χ0) is 22.4. The molecule has 0 saturated heterocycles. The Kier molecular flexibility index (Phi) is 6.50. The molecule has 2 heteroatoms. The number of carbonyl (C=O) groups excluding carboxylic acids is 1. The van der Waals surface area contributed by atoms with Crippen molar-refractivity contribution in [2.75, 3.05) is 0 Å². The normalized spacial score (nSPS) is 40.4. The Morgan fingerprint density at radius 1 is 1.13 bits per heavy atom. The summed E-state index contributed by atoms with van der Waals surface area (Å²) >= 11 is 0. The van der Waals surface area contributed by atoms with Crippen LogP contribution in [0.15, 0.2) is 23.3 Å². The maximum absolute atomic E-state index is 11.5. The van der Waals surface area contributed by atoms with E-state index in [9.17, 15) is 4.79 Å². The molecule has 4 aliphatic carbocycles. The molecule has 0 aromatic carbocycles. The van der Waals surface area contributed by atoms with E-state index in [4.69, 9.17) is 4.74 Å². The highest BCUT2D eigenvalue weighted by atomic mass is 16.5. The predicted molar refractivity (Wildman–Crippen MR) is 129 cm³/mol. The topological polar surface area (TPSA) is 26.3 Å². The number of ether oxygens (including phenoxy) is 1. The molecule has 0 aromatic rings. The quantitative estimate of drug-likeness (QED) is 0.404. The molecular formula is C29H46O2. The molecule has 7 atom stereocenters. The van der Waals surface area contributed by atoms with Gasteiger partial charge in [0, 0.05) is 6.92 Å². The highest BCUT2D eigenvalue weighted by Gasteiger charge is 2.55. The van der Waals surface area contributed by atoms with E-state index in [1.165, 1.54) is 44.9 Å². The molecule has 0 amide bonds. The van der Waals surface area contributed by atoms with Crippen molar-refractivity contribution in [1.29, 1.82) is 0 Å². The van der Waals surface area contributed by atoms with Crippen LogP contribution in [0.2, 0.25) is 0 Å². The number of fused-ring (bicyclic) bond motifs is 4. The Bertz CT molecular complexity index is 746. The molecular weight excluding hydrogens is 380 g/mol. The van der Waals surface area contributed by atoms with Gasteiger partial charge in [-0.2, -0.15) is 0 Å². The van der Waals surface area contributed by atoms with Crippen LogP contribution in [0.1, 0.15) is 106 Å². The Balaban J connectivity index is 1.50. The van der Waals surface area contributed by atoms with Crippen LogP contribution in [0.3, 0.4) is 0 Å². The van der Waals surface area contributed by atoms with Crippen molar-refractivity contribution < 1.29 is 9.53 Å². The molecule has 2 nitrogen and oxygen atoms in total. The van der Waals surface area contributed by atoms with E-state index in [-0.39, 0.29) is 17.5 Å². The highest BCUT2D eigenvalue weighted by molar-refractivity contribution is 5.66. The fourth-order valence-corrected chi connectivity index (χ4v) is 8.23. The van der Waals surface area contributed by atoms with Crippen LogP contribution in [0.25, 0.3) is 0 Å². The van der Waals surface area contributed by atoms with Gasteiger partial charge in [0.1, 0.15) is 6.10 Å². The van der Waals surface area contributed by atoms with Crippen LogP contribution in [-0.4, -0.2) is 12.1 Å². The van der Waals surface area contributed by atoms with Crippen LogP contribution in [-0.2, 0) is 9.53 Å². The smallest absolute Gasteiger partial charge is 0.302 e. The van der Waals surface area contributed by atoms with E-state index in [0.29, 0.717) is 11.3 Å². The lowest BCUT2D eigenvalue weighted by Crippen LogP contribution is -2.44. The van der Waals surface area contributed by atoms with E-state index in [1.807, 2.05) is 0 Å². The van der Waals surface area contributed by atoms with E-state index in [2.05, 4.69) is 46.8 Å². The van der Waals surface area contributed by atoms with Crippen molar-refractivity contribution in [3.05, 3.63) is 23.3 Å². The minimum atomic E-state index is -0.124. The molecule has 0 aliphatic heterocycles. The number of rotatable bonds is 6. The summed E-state index contributed by atoms with van der Waals surface area (Å²) < 4.78 is 5.60. The molecule has 174 valence electrons. The van der Waals surface area contributed by atoms with Gasteiger partial charge in [0.05, 0.1) is 0 Å². The second-order valence-electron chi connectivity index (χ2n) is 12.4. The van der Waals surface area contributed by atoms with Gasteiger partial charge in [-0.3, -0.25) is 4.79 Å². The van der Waals surface area contributed by atoms with Crippen molar-refractivity contribution in [1.82, 2.24) is 0 Å². The zero-order valence-corrected chi connectivity index (χ0v) is 21.0. The standard InChI is InChI=1S/C29H46O2/c1-19(2)8-7-9-20(3)25-12-13-26-24-11-10-22-18-23(31-21(4)30)14-16-28(22,5)27(24)15-17-29(25,26)6/h10-11,19-20,22-23,25-26H,7-9,12-18H2,1-6H3/t20-,22+,23-,25+,26+,28+,29+/m1/s1. The first kappa shape index (κ1) is 23.1. The highest BCUT2D eigenvalue weighted by Crippen LogP contribution is 2.64. The van der Waals surface area contributed by atoms with Gasteiger partial charge in [-0.15, -0.1) is 0 Å². The first-order chi connectivity index (χ1) is 14.6. The third-order valence-electron chi connectivity index (χ3n) is 10.0. The number of carbonyl (C=O) groups is 1. The third-order valence-corrected chi connectivity index (χ3v) is 10.0. The molecule has 4 aliphatic rings. The molecule has 0 aromatic heterocycles. The number of hydrogen-bond donors (Lipinski definition) is 0. The molecule has 0 N–H and O–H groups in total. The van der Waals surface area contributed by atoms with Crippen molar-refractivity contribution in [2.24, 2.45) is 40.4 Å². The minimum absolute atomic E-state index is 0.110. The zero-order valence-electron chi connectivity index (χ0n) is 21.0. The van der Waals surface area contributed by atoms with Gasteiger partial charge in [-0.25, -0.2) is 0 Å². The molecule has 2 fully saturated rings. The first-order valence-corrected chi connectivity index (χ1v) is 13.2. The van der Waals surface area contributed by atoms with E-state index < -0.39 is 0 Å². The molecule has 0 heterocycles. The molecule has 4 rings (SSSR count). The van der Waals surface area contributed by atoms with E-state index >= 15 is 0 Å². The summed E-state index contributed by atoms with van der Waals surface area (Å²) in [7, 11) is 0. The lowest BCUT2D eigenvalue weighted by Gasteiger charge is -2.53. The summed E-state index contributed by atoms with van der Waals surface area (Å²) in [6.45, 7) is 14.0. The molecule has 31 heavy (non-hydrogen) atoms. The van der Waals surface area contributed by atoms with Crippen molar-refractivity contribution >= 4 is 5.97 Å². The summed E-state index contributed by atoms with van der Waals surface area (Å²) in [6, 6.07) is 0. The Hall–Kier alpha value is -1.05. The van der Waals surface area contributed by atoms with Crippen LogP contribution in [0, 0.1) is 40.4 Å². The fraction of sp³-hybridized carbons (Fsp3) is 0.828. The molecule has 0 spiro atoms. The summed E-state index contributed by atoms with van der Waals surface area (Å²) in [6.07, 6.45) is 18.0. The largest absolute Gasteiger partial charge is 0.463 e. The summed E-state index contributed by atoms with van der Waals surface area (Å²) in [5.74, 6) is 3.73. The Morgan fingerprint density at radius 3 is 2.61 bits per heavy atom. The summed E-state index contributed by atoms with van der Waals surface area (Å²) in [5, 5.41) is 0. The summed E-state index contributed by atoms with van der Waals surface area (Å²) in [5.41, 5.74) is 4.26. The van der Waals surface area contributed by atoms with Crippen LogP contribution in [0.5, 0.6) is 0 Å². The Morgan fingerprint density at radius 2 is 1.90 bits per heavy atom. The van der Waals surface area contributed by atoms with Crippen LogP contribution < -0.4 is 0 Å². The monoisotopic (exact) mass is 426 g/mol.